The second-order valence-electron chi connectivity index (χ2n) is 8.77. The second-order valence-corrected chi connectivity index (χ2v) is 8.77. The first kappa shape index (κ1) is 21.0. The van der Waals surface area contributed by atoms with Crippen LogP contribution in [0.4, 0.5) is 0 Å². The quantitative estimate of drug-likeness (QED) is 0.428. The number of aromatic amines is 1. The number of H-pyrrole nitrogens is 1. The van der Waals surface area contributed by atoms with Crippen molar-refractivity contribution in [1.29, 1.82) is 0 Å². The number of amides is 1. The van der Waals surface area contributed by atoms with Crippen molar-refractivity contribution < 1.29 is 14.6 Å². The van der Waals surface area contributed by atoms with E-state index in [1.807, 2.05) is 12.1 Å². The van der Waals surface area contributed by atoms with E-state index in [1.165, 1.54) is 5.56 Å². The summed E-state index contributed by atoms with van der Waals surface area (Å²) < 4.78 is 5.88. The van der Waals surface area contributed by atoms with Gasteiger partial charge in [-0.25, -0.2) is 0 Å². The minimum absolute atomic E-state index is 0.0673. The number of aliphatic hydroxyl groups is 1. The number of hydrogen-bond acceptors (Lipinski definition) is 5. The molecular formula is C25H30N4O3. The standard InChI is InChI=1S/C25H30N4O3/c26-8-2-10-32-23-7-5-19(24-20(23)13-27-25(24)31)22-12-17-11-16(4-6-21(17)28-22)14-29-9-1-3-18(30)15-29/h4-7,11-12,18,28,30H,1-3,8-10,13-15,26H2,(H,27,31). The van der Waals surface area contributed by atoms with Crippen LogP contribution in [0.5, 0.6) is 5.75 Å². The molecule has 1 atom stereocenters. The number of benzene rings is 2. The molecule has 3 aromatic rings. The molecule has 2 aliphatic rings. The lowest BCUT2D eigenvalue weighted by atomic mass is 9.99. The van der Waals surface area contributed by atoms with E-state index >= 15 is 0 Å². The van der Waals surface area contributed by atoms with Gasteiger partial charge in [0.2, 0.25) is 0 Å². The maximum Gasteiger partial charge on any atom is 0.252 e. The first-order valence-corrected chi connectivity index (χ1v) is 11.4. The normalized spacial score (nSPS) is 18.7. The van der Waals surface area contributed by atoms with Crippen LogP contribution in [-0.2, 0) is 13.1 Å². The number of nitrogens with two attached hydrogens (primary N) is 1. The molecule has 0 saturated carbocycles. The zero-order chi connectivity index (χ0) is 22.1. The summed E-state index contributed by atoms with van der Waals surface area (Å²) in [5.41, 5.74) is 11.2. The van der Waals surface area contributed by atoms with Gasteiger partial charge >= 0.3 is 0 Å². The highest BCUT2D eigenvalue weighted by molar-refractivity contribution is 6.05. The van der Waals surface area contributed by atoms with E-state index in [-0.39, 0.29) is 12.0 Å². The number of likely N-dealkylation sites (tertiary alicyclic amines) is 1. The number of aromatic nitrogens is 1. The molecule has 0 radical (unpaired) electrons. The van der Waals surface area contributed by atoms with Crippen molar-refractivity contribution in [1.82, 2.24) is 15.2 Å². The van der Waals surface area contributed by atoms with Crippen LogP contribution in [0.3, 0.4) is 0 Å². The maximum atomic E-state index is 12.6. The molecule has 1 aromatic heterocycles. The van der Waals surface area contributed by atoms with Gasteiger partial charge in [0.15, 0.2) is 0 Å². The highest BCUT2D eigenvalue weighted by atomic mass is 16.5. The Morgan fingerprint density at radius 2 is 2.12 bits per heavy atom. The van der Waals surface area contributed by atoms with Crippen LogP contribution in [0, 0.1) is 0 Å². The predicted molar refractivity (Wildman–Crippen MR) is 125 cm³/mol. The molecule has 2 aromatic carbocycles. The highest BCUT2D eigenvalue weighted by Crippen LogP contribution is 2.36. The van der Waals surface area contributed by atoms with Gasteiger partial charge in [0.25, 0.3) is 5.91 Å². The van der Waals surface area contributed by atoms with Crippen molar-refractivity contribution >= 4 is 16.8 Å². The molecule has 0 bridgehead atoms. The Morgan fingerprint density at radius 3 is 2.97 bits per heavy atom. The number of carbonyl (C=O) groups excluding carboxylic acids is 1. The third kappa shape index (κ3) is 4.11. The number of piperidine rings is 1. The molecule has 7 heteroatoms. The average molecular weight is 435 g/mol. The molecule has 32 heavy (non-hydrogen) atoms. The Hall–Kier alpha value is -2.87. The van der Waals surface area contributed by atoms with Gasteiger partial charge in [-0.2, -0.15) is 0 Å². The fourth-order valence-corrected chi connectivity index (χ4v) is 4.80. The highest BCUT2D eigenvalue weighted by Gasteiger charge is 2.27. The van der Waals surface area contributed by atoms with Crippen LogP contribution < -0.4 is 15.8 Å². The summed E-state index contributed by atoms with van der Waals surface area (Å²) in [5.74, 6) is 0.681. The SMILES string of the molecule is NCCCOc1ccc(-c2cc3cc(CN4CCCC(O)C4)ccc3[nH]2)c2c1CNC2=O. The molecule has 2 aliphatic heterocycles. The van der Waals surface area contributed by atoms with Crippen LogP contribution in [0.15, 0.2) is 36.4 Å². The fourth-order valence-electron chi connectivity index (χ4n) is 4.80. The monoisotopic (exact) mass is 434 g/mol. The van der Waals surface area contributed by atoms with Gasteiger partial charge in [-0.15, -0.1) is 0 Å². The van der Waals surface area contributed by atoms with Crippen LogP contribution in [0.1, 0.15) is 40.7 Å². The largest absolute Gasteiger partial charge is 0.493 e. The number of nitrogens with zero attached hydrogens (tertiary/aromatic N) is 1. The Balaban J connectivity index is 1.43. The van der Waals surface area contributed by atoms with Gasteiger partial charge < -0.3 is 25.9 Å². The van der Waals surface area contributed by atoms with Gasteiger partial charge in [-0.3, -0.25) is 9.69 Å². The van der Waals surface area contributed by atoms with E-state index in [0.717, 1.165) is 72.4 Å². The minimum atomic E-state index is -0.221. The van der Waals surface area contributed by atoms with Crippen LogP contribution >= 0.6 is 0 Å². The number of rotatable bonds is 7. The summed E-state index contributed by atoms with van der Waals surface area (Å²) in [5, 5.41) is 14.0. The third-order valence-electron chi connectivity index (χ3n) is 6.39. The van der Waals surface area contributed by atoms with E-state index in [9.17, 15) is 9.90 Å². The molecule has 7 nitrogen and oxygen atoms in total. The Labute approximate surface area is 187 Å². The molecule has 0 spiro atoms. The number of nitrogens with one attached hydrogen (secondary N) is 2. The number of β-amino-alcohol motifs (C(OH)–C–C–N with tert-alkyl or cyclic N) is 1. The Kier molecular flexibility index (Phi) is 5.87. The van der Waals surface area contributed by atoms with Crippen LogP contribution in [0.2, 0.25) is 0 Å². The number of fused-ring (bicyclic) bond motifs is 2. The molecule has 1 amide bonds. The average Bonchev–Trinajstić information content (AvgIpc) is 3.38. The van der Waals surface area contributed by atoms with Gasteiger partial charge in [0.05, 0.1) is 18.3 Å². The van der Waals surface area contributed by atoms with E-state index in [1.54, 1.807) is 0 Å². The molecule has 168 valence electrons. The first-order chi connectivity index (χ1) is 15.6. The number of carbonyl (C=O) groups is 1. The van der Waals surface area contributed by atoms with Gasteiger partial charge in [-0.1, -0.05) is 6.07 Å². The first-order valence-electron chi connectivity index (χ1n) is 11.4. The van der Waals surface area contributed by atoms with Crippen molar-refractivity contribution in [3.05, 3.63) is 53.1 Å². The lowest BCUT2D eigenvalue weighted by molar-refractivity contribution is 0.0668. The zero-order valence-corrected chi connectivity index (χ0v) is 18.2. The Morgan fingerprint density at radius 1 is 1.22 bits per heavy atom. The molecular weight excluding hydrogens is 404 g/mol. The molecule has 1 unspecified atom stereocenters. The molecule has 1 saturated heterocycles. The predicted octanol–water partition coefficient (Wildman–Crippen LogP) is 2.76. The number of ether oxygens (including phenoxy) is 1. The molecule has 3 heterocycles. The lowest BCUT2D eigenvalue weighted by Gasteiger charge is -2.29. The molecule has 0 aliphatic carbocycles. The fraction of sp³-hybridized carbons (Fsp3) is 0.400. The summed E-state index contributed by atoms with van der Waals surface area (Å²) in [6.45, 7) is 4.19. The van der Waals surface area contributed by atoms with Gasteiger partial charge in [-0.05, 0) is 68.2 Å². The molecule has 5 rings (SSSR count). The van der Waals surface area contributed by atoms with E-state index < -0.39 is 0 Å². The van der Waals surface area contributed by atoms with Crippen molar-refractivity contribution in [3.8, 4) is 17.0 Å². The van der Waals surface area contributed by atoms with E-state index in [0.29, 0.717) is 25.3 Å². The molecule has 5 N–H and O–H groups in total. The number of hydrogen-bond donors (Lipinski definition) is 4. The van der Waals surface area contributed by atoms with Crippen molar-refractivity contribution in [3.63, 3.8) is 0 Å². The Bertz CT molecular complexity index is 1140. The number of aliphatic hydroxyl groups excluding tert-OH is 1. The zero-order valence-electron chi connectivity index (χ0n) is 18.2. The maximum absolute atomic E-state index is 12.6. The summed E-state index contributed by atoms with van der Waals surface area (Å²) in [6.07, 6.45) is 2.49. The topological polar surface area (TPSA) is 104 Å². The molecule has 1 fully saturated rings. The summed E-state index contributed by atoms with van der Waals surface area (Å²) in [6, 6.07) is 12.4. The summed E-state index contributed by atoms with van der Waals surface area (Å²) in [4.78, 5) is 18.4. The van der Waals surface area contributed by atoms with Crippen LogP contribution in [0.25, 0.3) is 22.2 Å². The summed E-state index contributed by atoms with van der Waals surface area (Å²) >= 11 is 0. The lowest BCUT2D eigenvalue weighted by Crippen LogP contribution is -2.37. The van der Waals surface area contributed by atoms with Crippen molar-refractivity contribution in [2.75, 3.05) is 26.2 Å². The minimum Gasteiger partial charge on any atom is -0.493 e. The van der Waals surface area contributed by atoms with Gasteiger partial charge in [0, 0.05) is 47.4 Å². The van der Waals surface area contributed by atoms with Crippen molar-refractivity contribution in [2.24, 2.45) is 5.73 Å². The van der Waals surface area contributed by atoms with Gasteiger partial charge in [0.1, 0.15) is 5.75 Å². The second kappa shape index (κ2) is 8.94. The van der Waals surface area contributed by atoms with Crippen LogP contribution in [-0.4, -0.2) is 53.2 Å². The summed E-state index contributed by atoms with van der Waals surface area (Å²) in [7, 11) is 0. The van der Waals surface area contributed by atoms with Crippen molar-refractivity contribution in [2.45, 2.75) is 38.5 Å². The van der Waals surface area contributed by atoms with E-state index in [4.69, 9.17) is 10.5 Å². The smallest absolute Gasteiger partial charge is 0.252 e. The third-order valence-corrected chi connectivity index (χ3v) is 6.39. The van der Waals surface area contributed by atoms with E-state index in [2.05, 4.69) is 39.5 Å².